The largest absolute Gasteiger partial charge is 0.492 e. The Morgan fingerprint density at radius 2 is 2.30 bits per heavy atom. The summed E-state index contributed by atoms with van der Waals surface area (Å²) in [6.45, 7) is -7.19. The van der Waals surface area contributed by atoms with Crippen LogP contribution in [0.3, 0.4) is 0 Å². The summed E-state index contributed by atoms with van der Waals surface area (Å²) in [6.07, 6.45) is -0.858. The van der Waals surface area contributed by atoms with Gasteiger partial charge < -0.3 is 20.3 Å². The summed E-state index contributed by atoms with van der Waals surface area (Å²) in [6, 6.07) is -4.56. The lowest BCUT2D eigenvalue weighted by atomic mass is 10.1. The number of halogens is 2. The standard InChI is InChI=1S/C24H23ClFN5O2/c1-4-33-22-12-20-17(11-21(22)30-23(32)6-5-9-31(2)3)24(15(13-27)14-28-20)29-16-7-8-19(26)18(25)10-16/h5-8,10-12,14H,4,9H2,1-3H3,(H,28,29)(H,30,32)/b6-5+/i1D3,4D2,5D,6D,7D,8D,10D,11D,12D,14D. The molecular formula is C24H23ClFN5O2. The second-order valence-electron chi connectivity index (χ2n) is 6.46. The van der Waals surface area contributed by atoms with Crippen LogP contribution in [0.5, 0.6) is 5.75 Å². The van der Waals surface area contributed by atoms with Crippen LogP contribution in [-0.4, -0.2) is 43.0 Å². The third kappa shape index (κ3) is 5.98. The number of nitrogens with zero attached hydrogens (tertiary/aromatic N) is 3. The molecule has 0 aliphatic heterocycles. The molecule has 0 radical (unpaired) electrons. The molecule has 7 nitrogen and oxygen atoms in total. The average molecular weight is 481 g/mol. The lowest BCUT2D eigenvalue weighted by Crippen LogP contribution is -2.13. The van der Waals surface area contributed by atoms with Crippen molar-refractivity contribution in [1.82, 2.24) is 9.88 Å². The molecule has 2 N–H and O–H groups in total. The highest BCUT2D eigenvalue weighted by atomic mass is 35.5. The number of rotatable bonds is 8. The molecule has 0 aliphatic rings. The highest BCUT2D eigenvalue weighted by Crippen LogP contribution is 2.36. The molecule has 170 valence electrons. The summed E-state index contributed by atoms with van der Waals surface area (Å²) in [5.41, 5.74) is -3.50. The quantitative estimate of drug-likeness (QED) is 0.436. The van der Waals surface area contributed by atoms with Crippen molar-refractivity contribution in [2.75, 3.05) is 37.8 Å². The van der Waals surface area contributed by atoms with E-state index in [0.717, 1.165) is 0 Å². The van der Waals surface area contributed by atoms with Gasteiger partial charge in [0.05, 0.1) is 47.7 Å². The van der Waals surface area contributed by atoms with Gasteiger partial charge in [-0.25, -0.2) is 4.39 Å². The van der Waals surface area contributed by atoms with Crippen LogP contribution in [0.4, 0.5) is 21.5 Å². The van der Waals surface area contributed by atoms with Crippen molar-refractivity contribution in [3.63, 3.8) is 0 Å². The van der Waals surface area contributed by atoms with E-state index in [2.05, 4.69) is 15.6 Å². The van der Waals surface area contributed by atoms with Crippen molar-refractivity contribution in [1.29, 1.82) is 5.26 Å². The van der Waals surface area contributed by atoms with Crippen molar-refractivity contribution in [3.05, 3.63) is 64.9 Å². The Kier molecular flexibility index (Phi) is 3.91. The Morgan fingerprint density at radius 1 is 1.48 bits per heavy atom. The van der Waals surface area contributed by atoms with Crippen LogP contribution in [-0.2, 0) is 4.79 Å². The minimum atomic E-state index is -3.54. The second-order valence-corrected chi connectivity index (χ2v) is 6.84. The number of hydrogen-bond donors (Lipinski definition) is 2. The minimum Gasteiger partial charge on any atom is -0.492 e. The second kappa shape index (κ2) is 10.8. The van der Waals surface area contributed by atoms with Crippen molar-refractivity contribution >= 4 is 45.5 Å². The average Bonchev–Trinajstić information content (AvgIpc) is 2.95. The van der Waals surface area contributed by atoms with Crippen molar-refractivity contribution in [2.45, 2.75) is 6.85 Å². The number of anilines is 3. The molecule has 33 heavy (non-hydrogen) atoms. The first-order chi connectivity index (χ1) is 21.1. The number of benzene rings is 2. The molecule has 0 fully saturated rings. The molecule has 0 spiro atoms. The number of nitrogens with one attached hydrogen (secondary N) is 2. The summed E-state index contributed by atoms with van der Waals surface area (Å²) in [5.74, 6) is -3.82. The molecule has 0 saturated heterocycles. The van der Waals surface area contributed by atoms with E-state index in [9.17, 15) is 14.4 Å². The first kappa shape index (κ1) is 12.0. The number of pyridine rings is 1. The van der Waals surface area contributed by atoms with Crippen LogP contribution >= 0.6 is 11.6 Å². The van der Waals surface area contributed by atoms with E-state index in [-0.39, 0.29) is 6.54 Å². The number of hydrogen-bond acceptors (Lipinski definition) is 6. The smallest absolute Gasteiger partial charge is 0.248 e. The topological polar surface area (TPSA) is 90.3 Å². The van der Waals surface area contributed by atoms with Crippen LogP contribution in [0.1, 0.15) is 30.2 Å². The summed E-state index contributed by atoms with van der Waals surface area (Å²) < 4.78 is 124. The van der Waals surface area contributed by atoms with Gasteiger partial charge in [0.15, 0.2) is 0 Å². The Hall–Kier alpha value is -3.67. The Balaban J connectivity index is 2.50. The highest BCUT2D eigenvalue weighted by Gasteiger charge is 2.15. The number of likely N-dealkylation sites (N-methyl/N-ethyl adjacent to an activating group) is 1. The van der Waals surface area contributed by atoms with Gasteiger partial charge in [-0.15, -0.1) is 0 Å². The molecule has 1 amide bonds. The van der Waals surface area contributed by atoms with Gasteiger partial charge >= 0.3 is 0 Å². The van der Waals surface area contributed by atoms with Crippen LogP contribution in [0.15, 0.2) is 48.5 Å². The molecule has 3 aromatic rings. The predicted molar refractivity (Wildman–Crippen MR) is 129 cm³/mol. The molecule has 0 bridgehead atoms. The van der Waals surface area contributed by atoms with E-state index < -0.39 is 118 Å². The number of amides is 1. The lowest BCUT2D eigenvalue weighted by molar-refractivity contribution is -0.111. The molecule has 1 aromatic heterocycles. The van der Waals surface area contributed by atoms with Crippen molar-refractivity contribution in [2.24, 2.45) is 0 Å². The molecule has 2 aromatic carbocycles. The van der Waals surface area contributed by atoms with E-state index in [1.807, 2.05) is 0 Å². The normalized spacial score (nSPS) is 18.1. The minimum absolute atomic E-state index is 0.175. The molecule has 0 atom stereocenters. The van der Waals surface area contributed by atoms with Gasteiger partial charge in [0.25, 0.3) is 0 Å². The number of carbonyl (C=O) groups excluding carboxylic acids is 1. The van der Waals surface area contributed by atoms with Crippen molar-refractivity contribution < 1.29 is 31.7 Å². The summed E-state index contributed by atoms with van der Waals surface area (Å²) in [5, 5.41) is 12.9. The summed E-state index contributed by atoms with van der Waals surface area (Å²) >= 11 is 5.82. The molecule has 9 heteroatoms. The number of nitriles is 1. The number of aromatic nitrogens is 1. The monoisotopic (exact) mass is 480 g/mol. The van der Waals surface area contributed by atoms with E-state index >= 15 is 0 Å². The summed E-state index contributed by atoms with van der Waals surface area (Å²) in [4.78, 5) is 18.3. The van der Waals surface area contributed by atoms with Crippen molar-refractivity contribution in [3.8, 4) is 11.8 Å². The number of carbonyl (C=O) groups is 1. The zero-order valence-electron chi connectivity index (χ0n) is 30.1. The Bertz CT molecular complexity index is 1820. The number of ether oxygens (including phenoxy) is 1. The Labute approximate surface area is 214 Å². The molecular weight excluding hydrogens is 445 g/mol. The maximum atomic E-state index is 14.3. The zero-order chi connectivity index (χ0) is 35.2. The number of fused-ring (bicyclic) bond motifs is 1. The fraction of sp³-hybridized carbons (Fsp3) is 0.208. The lowest BCUT2D eigenvalue weighted by Gasteiger charge is -2.16. The zero-order valence-corrected chi connectivity index (χ0v) is 17.9. The van der Waals surface area contributed by atoms with E-state index in [0.29, 0.717) is 0 Å². The van der Waals surface area contributed by atoms with Gasteiger partial charge in [-0.2, -0.15) is 5.26 Å². The molecule has 0 aliphatic carbocycles. The van der Waals surface area contributed by atoms with Gasteiger partial charge in [-0.05, 0) is 45.1 Å². The first-order valence-corrected chi connectivity index (χ1v) is 9.35. The van der Waals surface area contributed by atoms with E-state index in [1.54, 1.807) is 20.2 Å². The SMILES string of the molecule is [2H]/C(CN(C)C)=C(/[2H])C(=O)Nc1c(OC([2H])([2H])C([2H])([2H])[2H])c([2H])c2nc([2H])c(C#N)c(Nc3c([2H])c([2H])c(F)c(Cl)c3[2H])c2c1[2H]. The molecule has 1 heterocycles. The summed E-state index contributed by atoms with van der Waals surface area (Å²) in [7, 11) is 3.11. The van der Waals surface area contributed by atoms with Gasteiger partial charge in [-0.3, -0.25) is 9.78 Å². The van der Waals surface area contributed by atoms with Crippen LogP contribution < -0.4 is 15.4 Å². The maximum Gasteiger partial charge on any atom is 0.248 e. The van der Waals surface area contributed by atoms with Gasteiger partial charge in [0.1, 0.15) is 17.6 Å². The van der Waals surface area contributed by atoms with Crippen LogP contribution in [0.2, 0.25) is 5.02 Å². The fourth-order valence-corrected chi connectivity index (χ4v) is 2.57. The van der Waals surface area contributed by atoms with Gasteiger partial charge in [0, 0.05) is 40.0 Å². The first-order valence-electron chi connectivity index (χ1n) is 15.5. The van der Waals surface area contributed by atoms with Gasteiger partial charge in [-0.1, -0.05) is 17.7 Å². The predicted octanol–water partition coefficient (Wildman–Crippen LogP) is 5.10. The van der Waals surface area contributed by atoms with E-state index in [1.165, 1.54) is 4.90 Å². The van der Waals surface area contributed by atoms with Crippen LogP contribution in [0, 0.1) is 17.1 Å². The van der Waals surface area contributed by atoms with Crippen LogP contribution in [0.25, 0.3) is 10.9 Å². The Morgan fingerprint density at radius 3 is 3.03 bits per heavy atom. The highest BCUT2D eigenvalue weighted by molar-refractivity contribution is 6.31. The molecule has 0 unspecified atom stereocenters. The third-order valence-corrected chi connectivity index (χ3v) is 4.06. The molecule has 3 rings (SSSR count). The fourth-order valence-electron chi connectivity index (χ4n) is 2.43. The molecule has 0 saturated carbocycles. The third-order valence-electron chi connectivity index (χ3n) is 3.80. The van der Waals surface area contributed by atoms with Gasteiger partial charge in [0.2, 0.25) is 5.91 Å². The maximum absolute atomic E-state index is 14.3. The van der Waals surface area contributed by atoms with E-state index in [4.69, 9.17) is 34.2 Å².